The van der Waals surface area contributed by atoms with Crippen LogP contribution in [-0.4, -0.2) is 29.1 Å². The second-order valence-electron chi connectivity index (χ2n) is 6.78. The number of aromatic nitrogens is 1. The average Bonchev–Trinajstić information content (AvgIpc) is 2.85. The van der Waals surface area contributed by atoms with Gasteiger partial charge in [-0.1, -0.05) is 25.5 Å². The van der Waals surface area contributed by atoms with Gasteiger partial charge in [-0.3, -0.25) is 4.79 Å². The van der Waals surface area contributed by atoms with Crippen LogP contribution in [0.3, 0.4) is 0 Å². The molecule has 1 heterocycles. The number of benzene rings is 1. The van der Waals surface area contributed by atoms with E-state index in [2.05, 4.69) is 35.4 Å². The lowest BCUT2D eigenvalue weighted by Gasteiger charge is -2.23. The number of hydrogen-bond acceptors (Lipinski definition) is 2. The zero-order chi connectivity index (χ0) is 16.2. The fourth-order valence-corrected chi connectivity index (χ4v) is 2.56. The average molecular weight is 302 g/mol. The van der Waals surface area contributed by atoms with Gasteiger partial charge >= 0.3 is 0 Å². The van der Waals surface area contributed by atoms with E-state index in [1.54, 1.807) is 0 Å². The van der Waals surface area contributed by atoms with E-state index < -0.39 is 0 Å². The molecule has 3 N–H and O–H groups in total. The maximum absolute atomic E-state index is 12.0. The number of carbonyl (C=O) groups excluding carboxylic acids is 1. The molecule has 4 heteroatoms. The van der Waals surface area contributed by atoms with Crippen LogP contribution in [0.4, 0.5) is 0 Å². The molecule has 0 spiro atoms. The number of hydrogen-bond donors (Lipinski definition) is 3. The molecule has 2 aromatic rings. The number of H-pyrrole nitrogens is 1. The maximum atomic E-state index is 12.0. The molecule has 1 amide bonds. The van der Waals surface area contributed by atoms with Crippen LogP contribution < -0.4 is 5.32 Å². The first-order chi connectivity index (χ1) is 10.4. The molecule has 0 aliphatic rings. The van der Waals surface area contributed by atoms with Crippen molar-refractivity contribution < 1.29 is 9.90 Å². The minimum absolute atomic E-state index is 0.0630. The van der Waals surface area contributed by atoms with E-state index in [1.807, 2.05) is 20.0 Å². The lowest BCUT2D eigenvalue weighted by molar-refractivity contribution is -0.121. The highest BCUT2D eigenvalue weighted by Gasteiger charge is 2.18. The van der Waals surface area contributed by atoms with Gasteiger partial charge in [-0.2, -0.15) is 0 Å². The van der Waals surface area contributed by atoms with Gasteiger partial charge in [-0.15, -0.1) is 0 Å². The molecule has 0 atom stereocenters. The summed E-state index contributed by atoms with van der Waals surface area (Å²) in [6.45, 7) is 6.92. The summed E-state index contributed by atoms with van der Waals surface area (Å²) in [5.74, 6) is 0.0630. The summed E-state index contributed by atoms with van der Waals surface area (Å²) < 4.78 is 0. The third-order valence-corrected chi connectivity index (χ3v) is 4.10. The monoisotopic (exact) mass is 302 g/mol. The van der Waals surface area contributed by atoms with E-state index in [4.69, 9.17) is 5.11 Å². The molecule has 0 bridgehead atoms. The SMILES string of the molecule is Cc1ccc2[nH]cc(CCC(=O)NCC(C)(C)CCO)c2c1. The van der Waals surface area contributed by atoms with Gasteiger partial charge < -0.3 is 15.4 Å². The number of aliphatic hydroxyl groups excluding tert-OH is 1. The third-order valence-electron chi connectivity index (χ3n) is 4.10. The Morgan fingerprint density at radius 3 is 2.86 bits per heavy atom. The number of aryl methyl sites for hydroxylation is 2. The number of aliphatic hydroxyl groups is 1. The minimum Gasteiger partial charge on any atom is -0.396 e. The summed E-state index contributed by atoms with van der Waals surface area (Å²) >= 11 is 0. The van der Waals surface area contributed by atoms with E-state index in [0.29, 0.717) is 19.4 Å². The number of amides is 1. The second-order valence-corrected chi connectivity index (χ2v) is 6.78. The van der Waals surface area contributed by atoms with Crippen molar-refractivity contribution in [3.63, 3.8) is 0 Å². The van der Waals surface area contributed by atoms with Crippen LogP contribution in [0.1, 0.15) is 37.8 Å². The van der Waals surface area contributed by atoms with E-state index in [0.717, 1.165) is 11.9 Å². The molecule has 0 saturated carbocycles. The van der Waals surface area contributed by atoms with Crippen molar-refractivity contribution in [1.29, 1.82) is 0 Å². The fourth-order valence-electron chi connectivity index (χ4n) is 2.56. The van der Waals surface area contributed by atoms with Gasteiger partial charge in [-0.05, 0) is 42.9 Å². The van der Waals surface area contributed by atoms with Crippen molar-refractivity contribution in [2.24, 2.45) is 5.41 Å². The van der Waals surface area contributed by atoms with Crippen LogP contribution >= 0.6 is 0 Å². The summed E-state index contributed by atoms with van der Waals surface area (Å²) in [6, 6.07) is 6.31. The van der Waals surface area contributed by atoms with Gasteiger partial charge in [0.15, 0.2) is 0 Å². The first-order valence-corrected chi connectivity index (χ1v) is 7.85. The van der Waals surface area contributed by atoms with E-state index in [9.17, 15) is 4.79 Å². The Morgan fingerprint density at radius 1 is 1.36 bits per heavy atom. The van der Waals surface area contributed by atoms with Crippen LogP contribution in [0, 0.1) is 12.3 Å². The Morgan fingerprint density at radius 2 is 2.14 bits per heavy atom. The van der Waals surface area contributed by atoms with E-state index in [1.165, 1.54) is 16.5 Å². The molecule has 0 aliphatic heterocycles. The minimum atomic E-state index is -0.0672. The summed E-state index contributed by atoms with van der Waals surface area (Å²) in [5.41, 5.74) is 3.46. The van der Waals surface area contributed by atoms with Crippen molar-refractivity contribution in [1.82, 2.24) is 10.3 Å². The number of nitrogens with one attached hydrogen (secondary N) is 2. The Labute approximate surface area is 131 Å². The molecular weight excluding hydrogens is 276 g/mol. The van der Waals surface area contributed by atoms with Crippen LogP contribution in [-0.2, 0) is 11.2 Å². The van der Waals surface area contributed by atoms with Gasteiger partial charge in [0, 0.05) is 36.7 Å². The van der Waals surface area contributed by atoms with Crippen molar-refractivity contribution in [2.45, 2.75) is 40.0 Å². The van der Waals surface area contributed by atoms with Crippen molar-refractivity contribution in [3.8, 4) is 0 Å². The Hall–Kier alpha value is -1.81. The van der Waals surface area contributed by atoms with Crippen molar-refractivity contribution >= 4 is 16.8 Å². The Kier molecular flexibility index (Phi) is 5.24. The highest BCUT2D eigenvalue weighted by molar-refractivity contribution is 5.84. The van der Waals surface area contributed by atoms with Gasteiger partial charge in [-0.25, -0.2) is 0 Å². The van der Waals surface area contributed by atoms with Crippen LogP contribution in [0.2, 0.25) is 0 Å². The smallest absolute Gasteiger partial charge is 0.220 e. The molecule has 0 fully saturated rings. The van der Waals surface area contributed by atoms with Gasteiger partial charge in [0.25, 0.3) is 0 Å². The molecule has 22 heavy (non-hydrogen) atoms. The topological polar surface area (TPSA) is 65.1 Å². The highest BCUT2D eigenvalue weighted by atomic mass is 16.3. The predicted octanol–water partition coefficient (Wildman–Crippen LogP) is 2.93. The van der Waals surface area contributed by atoms with Gasteiger partial charge in [0.05, 0.1) is 0 Å². The Balaban J connectivity index is 1.89. The molecule has 2 rings (SSSR count). The summed E-state index contributed by atoms with van der Waals surface area (Å²) in [4.78, 5) is 15.3. The maximum Gasteiger partial charge on any atom is 0.220 e. The Bertz CT molecular complexity index is 644. The lowest BCUT2D eigenvalue weighted by Crippen LogP contribution is -2.34. The third kappa shape index (κ3) is 4.34. The molecule has 0 aliphatic carbocycles. The number of aromatic amines is 1. The molecule has 4 nitrogen and oxygen atoms in total. The van der Waals surface area contributed by atoms with Crippen molar-refractivity contribution in [2.75, 3.05) is 13.2 Å². The summed E-state index contributed by atoms with van der Waals surface area (Å²) in [5, 5.41) is 13.2. The molecule has 0 saturated heterocycles. The normalized spacial score (nSPS) is 11.8. The van der Waals surface area contributed by atoms with Crippen molar-refractivity contribution in [3.05, 3.63) is 35.5 Å². The molecule has 0 unspecified atom stereocenters. The lowest BCUT2D eigenvalue weighted by atomic mass is 9.90. The molecule has 0 radical (unpaired) electrons. The summed E-state index contributed by atoms with van der Waals surface area (Å²) in [7, 11) is 0. The number of rotatable bonds is 7. The van der Waals surface area contributed by atoms with Crippen LogP contribution in [0.15, 0.2) is 24.4 Å². The first kappa shape index (κ1) is 16.6. The van der Waals surface area contributed by atoms with E-state index >= 15 is 0 Å². The zero-order valence-corrected chi connectivity index (χ0v) is 13.7. The standard InChI is InChI=1S/C18H26N2O2/c1-13-4-6-16-15(10-13)14(11-19-16)5-7-17(22)20-12-18(2,3)8-9-21/h4,6,10-11,19,21H,5,7-9,12H2,1-3H3,(H,20,22). The zero-order valence-electron chi connectivity index (χ0n) is 13.7. The molecular formula is C18H26N2O2. The number of carbonyl (C=O) groups is 1. The number of fused-ring (bicyclic) bond motifs is 1. The van der Waals surface area contributed by atoms with Crippen LogP contribution in [0.5, 0.6) is 0 Å². The van der Waals surface area contributed by atoms with Gasteiger partial charge in [0.2, 0.25) is 5.91 Å². The highest BCUT2D eigenvalue weighted by Crippen LogP contribution is 2.21. The molecule has 1 aromatic carbocycles. The summed E-state index contributed by atoms with van der Waals surface area (Å²) in [6.07, 6.45) is 3.90. The van der Waals surface area contributed by atoms with E-state index in [-0.39, 0.29) is 17.9 Å². The fraction of sp³-hybridized carbons (Fsp3) is 0.500. The largest absolute Gasteiger partial charge is 0.396 e. The van der Waals surface area contributed by atoms with Gasteiger partial charge in [0.1, 0.15) is 0 Å². The molecule has 1 aromatic heterocycles. The predicted molar refractivity (Wildman–Crippen MR) is 89.9 cm³/mol. The first-order valence-electron chi connectivity index (χ1n) is 7.85. The molecule has 120 valence electrons. The quantitative estimate of drug-likeness (QED) is 0.736. The van der Waals surface area contributed by atoms with Crippen LogP contribution in [0.25, 0.3) is 10.9 Å². The second kappa shape index (κ2) is 6.97.